The highest BCUT2D eigenvalue weighted by Gasteiger charge is 2.24. The highest BCUT2D eigenvalue weighted by molar-refractivity contribution is 5.75. The van der Waals surface area contributed by atoms with Crippen molar-refractivity contribution in [3.63, 3.8) is 0 Å². The van der Waals surface area contributed by atoms with Crippen molar-refractivity contribution in [3.05, 3.63) is 74.7 Å². The zero-order valence-corrected chi connectivity index (χ0v) is 16.3. The van der Waals surface area contributed by atoms with Crippen LogP contribution >= 0.6 is 0 Å². The Hall–Kier alpha value is -3.04. The van der Waals surface area contributed by atoms with Crippen LogP contribution in [0.1, 0.15) is 30.9 Å². The third-order valence-corrected chi connectivity index (χ3v) is 5.14. The van der Waals surface area contributed by atoms with Gasteiger partial charge in [-0.25, -0.2) is 0 Å². The number of pyridine rings is 1. The smallest absolute Gasteiger partial charge is 0.285 e. The lowest BCUT2D eigenvalue weighted by molar-refractivity contribution is -0.385. The van der Waals surface area contributed by atoms with Crippen molar-refractivity contribution < 1.29 is 9.72 Å². The van der Waals surface area contributed by atoms with Crippen LogP contribution in [0.25, 0.3) is 0 Å². The Morgan fingerprint density at radius 1 is 1.24 bits per heavy atom. The van der Waals surface area contributed by atoms with E-state index in [1.807, 2.05) is 18.2 Å². The highest BCUT2D eigenvalue weighted by Crippen LogP contribution is 2.23. The molecular formula is C20H25N5O4. The number of rotatable bonds is 8. The van der Waals surface area contributed by atoms with E-state index in [1.54, 1.807) is 11.9 Å². The molecule has 2 unspecified atom stereocenters. The summed E-state index contributed by atoms with van der Waals surface area (Å²) in [7, 11) is 1.68. The van der Waals surface area contributed by atoms with Crippen molar-refractivity contribution in [1.82, 2.24) is 20.3 Å². The summed E-state index contributed by atoms with van der Waals surface area (Å²) in [4.78, 5) is 36.0. The van der Waals surface area contributed by atoms with E-state index in [0.29, 0.717) is 12.6 Å². The molecule has 1 fully saturated rings. The van der Waals surface area contributed by atoms with Crippen LogP contribution in [0.2, 0.25) is 0 Å². The maximum Gasteiger partial charge on any atom is 0.285 e. The molecule has 9 nitrogen and oxygen atoms in total. The second kappa shape index (κ2) is 9.44. The molecule has 0 saturated carbocycles. The molecule has 1 aliphatic heterocycles. The van der Waals surface area contributed by atoms with Gasteiger partial charge in [0.05, 0.1) is 11.1 Å². The minimum atomic E-state index is -0.588. The third-order valence-electron chi connectivity index (χ3n) is 5.14. The minimum absolute atomic E-state index is 0.212. The van der Waals surface area contributed by atoms with Crippen LogP contribution in [-0.2, 0) is 11.3 Å². The quantitative estimate of drug-likeness (QED) is 0.515. The monoisotopic (exact) mass is 399 g/mol. The number of carbonyl (C=O) groups is 1. The lowest BCUT2D eigenvalue weighted by Gasteiger charge is -2.18. The number of hydrazine groups is 1. The molecule has 1 aromatic heterocycles. The molecule has 1 saturated heterocycles. The van der Waals surface area contributed by atoms with Crippen LogP contribution in [-0.4, -0.2) is 39.9 Å². The Bertz CT molecular complexity index is 915. The van der Waals surface area contributed by atoms with Crippen molar-refractivity contribution in [3.8, 4) is 0 Å². The van der Waals surface area contributed by atoms with Crippen LogP contribution in [0.3, 0.4) is 0 Å². The Balaban J connectivity index is 1.45. The van der Waals surface area contributed by atoms with Gasteiger partial charge in [0.1, 0.15) is 6.54 Å². The van der Waals surface area contributed by atoms with Gasteiger partial charge in [0.15, 0.2) is 0 Å². The second-order valence-electron chi connectivity index (χ2n) is 7.25. The van der Waals surface area contributed by atoms with Gasteiger partial charge in [-0.1, -0.05) is 30.3 Å². The van der Waals surface area contributed by atoms with Crippen LogP contribution in [0.15, 0.2) is 53.5 Å². The fourth-order valence-corrected chi connectivity index (χ4v) is 3.43. The Morgan fingerprint density at radius 2 is 2.00 bits per heavy atom. The third kappa shape index (κ3) is 5.49. The second-order valence-corrected chi connectivity index (χ2v) is 7.25. The number of nitrogens with zero attached hydrogens (tertiary/aromatic N) is 3. The maximum absolute atomic E-state index is 12.4. The summed E-state index contributed by atoms with van der Waals surface area (Å²) in [6.45, 7) is 0.340. The lowest BCUT2D eigenvalue weighted by Crippen LogP contribution is -2.35. The van der Waals surface area contributed by atoms with Crippen molar-refractivity contribution >= 4 is 11.6 Å². The van der Waals surface area contributed by atoms with E-state index in [1.165, 1.54) is 5.56 Å². The average molecular weight is 399 g/mol. The first-order chi connectivity index (χ1) is 13.9. The summed E-state index contributed by atoms with van der Waals surface area (Å²) >= 11 is 0. The number of amides is 1. The molecule has 0 radical (unpaired) electrons. The van der Waals surface area contributed by atoms with Crippen LogP contribution in [0.5, 0.6) is 0 Å². The van der Waals surface area contributed by atoms with Gasteiger partial charge in [-0.2, -0.15) is 0 Å². The van der Waals surface area contributed by atoms with Crippen molar-refractivity contribution in [2.24, 2.45) is 0 Å². The fourth-order valence-electron chi connectivity index (χ4n) is 3.43. The van der Waals surface area contributed by atoms with E-state index < -0.39 is 10.5 Å². The number of carbonyl (C=O) groups excluding carboxylic acids is 1. The standard InChI is InChI=1S/C20H25N5O4/c1-23(20(27)14-24-13-17(25(28)29)9-10-19(24)26)11-5-8-16-12-18(22-21-16)15-6-3-2-4-7-15/h2-4,6-7,9-10,13,16,18,21-22H,5,8,11-12,14H2,1H3. The minimum Gasteiger partial charge on any atom is -0.344 e. The summed E-state index contributed by atoms with van der Waals surface area (Å²) in [6.07, 6.45) is 3.80. The number of aromatic nitrogens is 1. The van der Waals surface area contributed by atoms with Gasteiger partial charge in [0.25, 0.3) is 11.2 Å². The molecule has 3 rings (SSSR count). The molecule has 0 aliphatic carbocycles. The summed E-state index contributed by atoms with van der Waals surface area (Å²) in [5.41, 5.74) is 7.22. The van der Waals surface area contributed by atoms with Gasteiger partial charge in [-0.15, -0.1) is 0 Å². The highest BCUT2D eigenvalue weighted by atomic mass is 16.6. The van der Waals surface area contributed by atoms with Gasteiger partial charge in [0, 0.05) is 37.8 Å². The van der Waals surface area contributed by atoms with E-state index in [9.17, 15) is 19.7 Å². The number of likely N-dealkylation sites (N-methyl/N-ethyl adjacent to an activating group) is 1. The molecule has 0 bridgehead atoms. The number of nitrogens with one attached hydrogen (secondary N) is 2. The number of hydrogen-bond donors (Lipinski definition) is 2. The molecule has 2 atom stereocenters. The molecule has 29 heavy (non-hydrogen) atoms. The SMILES string of the molecule is CN(CCCC1CC(c2ccccc2)NN1)C(=O)Cn1cc([N+](=O)[O-])ccc1=O. The first-order valence-electron chi connectivity index (χ1n) is 9.59. The van der Waals surface area contributed by atoms with Gasteiger partial charge in [-0.05, 0) is 24.8 Å². The van der Waals surface area contributed by atoms with Gasteiger partial charge in [0.2, 0.25) is 5.91 Å². The molecule has 0 spiro atoms. The molecule has 1 aromatic carbocycles. The lowest BCUT2D eigenvalue weighted by atomic mass is 10.00. The average Bonchev–Trinajstić information content (AvgIpc) is 3.19. The van der Waals surface area contributed by atoms with E-state index in [2.05, 4.69) is 23.0 Å². The molecule has 1 aliphatic rings. The van der Waals surface area contributed by atoms with Gasteiger partial charge >= 0.3 is 0 Å². The summed E-state index contributed by atoms with van der Waals surface area (Å²) in [6, 6.07) is 13.1. The maximum atomic E-state index is 12.4. The van der Waals surface area contributed by atoms with Crippen molar-refractivity contribution in [1.29, 1.82) is 0 Å². The van der Waals surface area contributed by atoms with Crippen LogP contribution in [0, 0.1) is 10.1 Å². The summed E-state index contributed by atoms with van der Waals surface area (Å²) < 4.78 is 1.07. The molecule has 9 heteroatoms. The predicted molar refractivity (Wildman–Crippen MR) is 108 cm³/mol. The van der Waals surface area contributed by atoms with Crippen LogP contribution in [0.4, 0.5) is 5.69 Å². The van der Waals surface area contributed by atoms with E-state index in [-0.39, 0.29) is 24.2 Å². The van der Waals surface area contributed by atoms with Crippen molar-refractivity contribution in [2.75, 3.05) is 13.6 Å². The Morgan fingerprint density at radius 3 is 2.72 bits per heavy atom. The zero-order chi connectivity index (χ0) is 20.8. The fraction of sp³-hybridized carbons (Fsp3) is 0.400. The molecule has 2 aromatic rings. The molecule has 2 N–H and O–H groups in total. The van der Waals surface area contributed by atoms with Gasteiger partial charge < -0.3 is 4.90 Å². The van der Waals surface area contributed by atoms with E-state index in [0.717, 1.165) is 42.2 Å². The first kappa shape index (κ1) is 20.7. The largest absolute Gasteiger partial charge is 0.344 e. The number of benzene rings is 1. The molecule has 1 amide bonds. The number of hydrogen-bond acceptors (Lipinski definition) is 6. The summed E-state index contributed by atoms with van der Waals surface area (Å²) in [5.74, 6) is -0.257. The van der Waals surface area contributed by atoms with E-state index >= 15 is 0 Å². The zero-order valence-electron chi connectivity index (χ0n) is 16.3. The normalized spacial score (nSPS) is 18.5. The molecular weight excluding hydrogens is 374 g/mol. The van der Waals surface area contributed by atoms with Gasteiger partial charge in [-0.3, -0.25) is 35.1 Å². The molecule has 2 heterocycles. The number of nitro groups is 1. The topological polar surface area (TPSA) is 110 Å². The molecule has 154 valence electrons. The summed E-state index contributed by atoms with van der Waals surface area (Å²) in [5, 5.41) is 10.8. The van der Waals surface area contributed by atoms with Crippen LogP contribution < -0.4 is 16.4 Å². The predicted octanol–water partition coefficient (Wildman–Crippen LogP) is 1.60. The van der Waals surface area contributed by atoms with E-state index in [4.69, 9.17) is 0 Å². The Kier molecular flexibility index (Phi) is 6.73. The van der Waals surface area contributed by atoms with Crippen molar-refractivity contribution in [2.45, 2.75) is 37.9 Å². The first-order valence-corrected chi connectivity index (χ1v) is 9.59. The Labute approximate surface area is 168 Å².